The van der Waals surface area contributed by atoms with Crippen LogP contribution >= 0.6 is 0 Å². The van der Waals surface area contributed by atoms with Crippen molar-refractivity contribution in [1.82, 2.24) is 4.98 Å². The molecule has 1 atom stereocenters. The van der Waals surface area contributed by atoms with Gasteiger partial charge in [0, 0.05) is 36.7 Å². The van der Waals surface area contributed by atoms with Gasteiger partial charge in [0.2, 0.25) is 0 Å². The summed E-state index contributed by atoms with van der Waals surface area (Å²) in [5.41, 5.74) is 3.71. The minimum atomic E-state index is -3.78. The Morgan fingerprint density at radius 2 is 1.72 bits per heavy atom. The van der Waals surface area contributed by atoms with Crippen molar-refractivity contribution in [3.8, 4) is 5.75 Å². The average molecular weight is 512 g/mol. The van der Waals surface area contributed by atoms with Crippen molar-refractivity contribution in [3.63, 3.8) is 0 Å². The Labute approximate surface area is 213 Å². The number of benzene rings is 2. The molecule has 36 heavy (non-hydrogen) atoms. The predicted molar refractivity (Wildman–Crippen MR) is 142 cm³/mol. The van der Waals surface area contributed by atoms with Gasteiger partial charge in [0.05, 0.1) is 23.5 Å². The number of aromatic nitrogens is 1. The van der Waals surface area contributed by atoms with Gasteiger partial charge < -0.3 is 14.4 Å². The molecular formula is C27H33N3O5S. The molecule has 1 aromatic heterocycles. The fourth-order valence-corrected chi connectivity index (χ4v) is 5.17. The Bertz CT molecular complexity index is 1290. The molecule has 3 rings (SSSR count). The summed E-state index contributed by atoms with van der Waals surface area (Å²) in [6, 6.07) is 15.5. The van der Waals surface area contributed by atoms with Crippen LogP contribution in [-0.4, -0.2) is 45.4 Å². The van der Waals surface area contributed by atoms with Gasteiger partial charge in [-0.1, -0.05) is 17.7 Å². The van der Waals surface area contributed by atoms with Crippen molar-refractivity contribution in [1.29, 1.82) is 0 Å². The second-order valence-electron chi connectivity index (χ2n) is 8.41. The van der Waals surface area contributed by atoms with Crippen molar-refractivity contribution in [2.24, 2.45) is 0 Å². The molecule has 0 aliphatic heterocycles. The van der Waals surface area contributed by atoms with Crippen LogP contribution in [0, 0.1) is 13.8 Å². The number of nitrogens with one attached hydrogen (secondary N) is 1. The van der Waals surface area contributed by atoms with E-state index in [1.807, 2.05) is 32.0 Å². The standard InChI is InChI=1S/C27H33N3O5S/c1-6-30(7-2)21-10-13-24(20(4)16-21)29-27(31)35-26(25-17-22(34-5)14-15-28-25)18-36(32,33)23-11-8-19(3)9-12-23/h8-17,26H,6-7,18H2,1-5H3,(H,29,31). The first-order chi connectivity index (χ1) is 17.2. The number of pyridine rings is 1. The lowest BCUT2D eigenvalue weighted by Gasteiger charge is -2.22. The fourth-order valence-electron chi connectivity index (χ4n) is 3.79. The van der Waals surface area contributed by atoms with Crippen LogP contribution in [-0.2, 0) is 14.6 Å². The molecule has 1 heterocycles. The maximum atomic E-state index is 13.2. The third-order valence-corrected chi connectivity index (χ3v) is 7.63. The van der Waals surface area contributed by atoms with E-state index in [0.29, 0.717) is 11.4 Å². The number of carbonyl (C=O) groups excluding carboxylic acids is 1. The molecule has 0 bridgehead atoms. The van der Waals surface area contributed by atoms with Crippen molar-refractivity contribution in [2.45, 2.75) is 38.7 Å². The summed E-state index contributed by atoms with van der Waals surface area (Å²) in [5.74, 6) is 0.00774. The van der Waals surface area contributed by atoms with Gasteiger partial charge in [-0.05, 0) is 69.7 Å². The molecule has 1 unspecified atom stereocenters. The normalized spacial score (nSPS) is 12.0. The largest absolute Gasteiger partial charge is 0.497 e. The Hall–Kier alpha value is -3.59. The summed E-state index contributed by atoms with van der Waals surface area (Å²) in [6.07, 6.45) is -0.444. The third kappa shape index (κ3) is 6.75. The second kappa shape index (κ2) is 11.9. The number of hydrogen-bond acceptors (Lipinski definition) is 7. The van der Waals surface area contributed by atoms with E-state index in [-0.39, 0.29) is 10.6 Å². The van der Waals surface area contributed by atoms with Crippen LogP contribution in [0.5, 0.6) is 5.75 Å². The summed E-state index contributed by atoms with van der Waals surface area (Å²) < 4.78 is 37.2. The van der Waals surface area contributed by atoms with Crippen LogP contribution in [0.25, 0.3) is 0 Å². The van der Waals surface area contributed by atoms with Crippen molar-refractivity contribution in [3.05, 3.63) is 77.6 Å². The number of rotatable bonds is 10. The van der Waals surface area contributed by atoms with Gasteiger partial charge in [-0.25, -0.2) is 13.2 Å². The highest BCUT2D eigenvalue weighted by Gasteiger charge is 2.27. The zero-order chi connectivity index (χ0) is 26.3. The highest BCUT2D eigenvalue weighted by molar-refractivity contribution is 7.91. The molecule has 0 saturated carbocycles. The van der Waals surface area contributed by atoms with E-state index in [1.54, 1.807) is 36.4 Å². The lowest BCUT2D eigenvalue weighted by Crippen LogP contribution is -2.25. The van der Waals surface area contributed by atoms with Crippen molar-refractivity contribution < 1.29 is 22.7 Å². The molecule has 9 heteroatoms. The van der Waals surface area contributed by atoms with E-state index in [2.05, 4.69) is 29.0 Å². The summed E-state index contributed by atoms with van der Waals surface area (Å²) in [4.78, 5) is 19.5. The maximum absolute atomic E-state index is 13.2. The summed E-state index contributed by atoms with van der Waals surface area (Å²) in [7, 11) is -2.29. The van der Waals surface area contributed by atoms with Crippen LogP contribution in [0.2, 0.25) is 0 Å². The highest BCUT2D eigenvalue weighted by Crippen LogP contribution is 2.27. The fraction of sp³-hybridized carbons (Fsp3) is 0.333. The number of carbonyl (C=O) groups is 1. The molecular weight excluding hydrogens is 478 g/mol. The number of hydrogen-bond donors (Lipinski definition) is 1. The predicted octanol–water partition coefficient (Wildman–Crippen LogP) is 5.32. The van der Waals surface area contributed by atoms with E-state index >= 15 is 0 Å². The van der Waals surface area contributed by atoms with Crippen LogP contribution in [0.15, 0.2) is 65.7 Å². The van der Waals surface area contributed by atoms with Gasteiger partial charge >= 0.3 is 6.09 Å². The van der Waals surface area contributed by atoms with Crippen molar-refractivity contribution in [2.75, 3.05) is 36.2 Å². The molecule has 1 amide bonds. The van der Waals surface area contributed by atoms with Gasteiger partial charge in [0.25, 0.3) is 0 Å². The topological polar surface area (TPSA) is 97.8 Å². The van der Waals surface area contributed by atoms with Gasteiger partial charge in [0.15, 0.2) is 15.9 Å². The number of anilines is 2. The van der Waals surface area contributed by atoms with Gasteiger partial charge in [-0.2, -0.15) is 0 Å². The summed E-state index contributed by atoms with van der Waals surface area (Å²) >= 11 is 0. The first-order valence-electron chi connectivity index (χ1n) is 11.8. The molecule has 0 saturated heterocycles. The number of aryl methyl sites for hydroxylation is 2. The number of ether oxygens (including phenoxy) is 2. The number of amides is 1. The molecule has 192 valence electrons. The number of sulfone groups is 1. The smallest absolute Gasteiger partial charge is 0.412 e. The molecule has 0 aliphatic rings. The third-order valence-electron chi connectivity index (χ3n) is 5.89. The lowest BCUT2D eigenvalue weighted by atomic mass is 10.1. The quantitative estimate of drug-likeness (QED) is 0.393. The Balaban J connectivity index is 1.85. The molecule has 0 spiro atoms. The van der Waals surface area contributed by atoms with Crippen LogP contribution in [0.4, 0.5) is 16.2 Å². The van der Waals surface area contributed by atoms with Crippen molar-refractivity contribution >= 4 is 27.3 Å². The van der Waals surface area contributed by atoms with E-state index in [0.717, 1.165) is 29.9 Å². The molecule has 1 N–H and O–H groups in total. The lowest BCUT2D eigenvalue weighted by molar-refractivity contribution is 0.120. The summed E-state index contributed by atoms with van der Waals surface area (Å²) in [6.45, 7) is 9.68. The Kier molecular flexibility index (Phi) is 8.93. The van der Waals surface area contributed by atoms with Crippen LogP contribution < -0.4 is 15.0 Å². The molecule has 2 aromatic carbocycles. The Morgan fingerprint density at radius 3 is 2.33 bits per heavy atom. The molecule has 8 nitrogen and oxygen atoms in total. The van der Waals surface area contributed by atoms with E-state index < -0.39 is 27.8 Å². The maximum Gasteiger partial charge on any atom is 0.412 e. The molecule has 0 radical (unpaired) electrons. The average Bonchev–Trinajstić information content (AvgIpc) is 2.86. The van der Waals surface area contributed by atoms with Gasteiger partial charge in [-0.15, -0.1) is 0 Å². The number of methoxy groups -OCH3 is 1. The monoisotopic (exact) mass is 511 g/mol. The highest BCUT2D eigenvalue weighted by atomic mass is 32.2. The first kappa shape index (κ1) is 27.0. The van der Waals surface area contributed by atoms with Gasteiger partial charge in [-0.3, -0.25) is 10.3 Å². The Morgan fingerprint density at radius 1 is 1.03 bits per heavy atom. The van der Waals surface area contributed by atoms with Crippen LogP contribution in [0.3, 0.4) is 0 Å². The second-order valence-corrected chi connectivity index (χ2v) is 10.4. The van der Waals surface area contributed by atoms with E-state index in [4.69, 9.17) is 9.47 Å². The minimum Gasteiger partial charge on any atom is -0.497 e. The molecule has 0 fully saturated rings. The number of nitrogens with zero attached hydrogens (tertiary/aromatic N) is 2. The van der Waals surface area contributed by atoms with Crippen LogP contribution in [0.1, 0.15) is 36.8 Å². The molecule has 3 aromatic rings. The molecule has 0 aliphatic carbocycles. The minimum absolute atomic E-state index is 0.146. The first-order valence-corrected chi connectivity index (χ1v) is 13.4. The van der Waals surface area contributed by atoms with E-state index in [1.165, 1.54) is 13.3 Å². The summed E-state index contributed by atoms with van der Waals surface area (Å²) in [5, 5.41) is 2.74. The zero-order valence-electron chi connectivity index (χ0n) is 21.3. The van der Waals surface area contributed by atoms with E-state index in [9.17, 15) is 13.2 Å². The van der Waals surface area contributed by atoms with Gasteiger partial charge in [0.1, 0.15) is 5.75 Å². The zero-order valence-corrected chi connectivity index (χ0v) is 22.1. The SMILES string of the molecule is CCN(CC)c1ccc(NC(=O)OC(CS(=O)(=O)c2ccc(C)cc2)c2cc(OC)ccn2)c(C)c1.